The minimum Gasteiger partial charge on any atom is -0.381 e. The molecule has 0 spiro atoms. The summed E-state index contributed by atoms with van der Waals surface area (Å²) in [5.74, 6) is 0.443. The normalized spacial score (nSPS) is 14.8. The van der Waals surface area contributed by atoms with E-state index in [1.54, 1.807) is 34.8 Å². The summed E-state index contributed by atoms with van der Waals surface area (Å²) >= 11 is 0. The summed E-state index contributed by atoms with van der Waals surface area (Å²) in [5.41, 5.74) is 4.75. The number of rotatable bonds is 8. The fraction of sp³-hybridized carbons (Fsp3) is 0.214. The quantitative estimate of drug-likeness (QED) is 0.359. The fourth-order valence-electron chi connectivity index (χ4n) is 4.16. The molecule has 1 aromatic heterocycles. The van der Waals surface area contributed by atoms with Gasteiger partial charge in [-0.2, -0.15) is 4.31 Å². The number of nitrogens with one attached hydrogen (secondary N) is 2. The molecule has 1 aliphatic rings. The highest BCUT2D eigenvalue weighted by Crippen LogP contribution is 2.24. The molecule has 4 aromatic rings. The third-order valence-corrected chi connectivity index (χ3v) is 8.30. The standard InChI is InChI=1S/C28H30N6O2S/c1-33-17-19-34(20-18-33)37(35,36)26-13-11-25(12-14-26)31-28-29-16-15-27(32-28)23-7-9-24(10-8-23)30-21-22-5-3-2-4-6-22/h2-16,30H,17-21H2,1H3,(H,29,31,32). The van der Waals surface area contributed by atoms with Crippen LogP contribution < -0.4 is 10.6 Å². The van der Waals surface area contributed by atoms with E-state index in [1.165, 1.54) is 5.56 Å². The first-order valence-electron chi connectivity index (χ1n) is 12.2. The second-order valence-corrected chi connectivity index (χ2v) is 11.0. The van der Waals surface area contributed by atoms with Crippen LogP contribution in [0.4, 0.5) is 17.3 Å². The number of hydrogen-bond acceptors (Lipinski definition) is 7. The first kappa shape index (κ1) is 24.9. The Labute approximate surface area is 218 Å². The van der Waals surface area contributed by atoms with Gasteiger partial charge < -0.3 is 15.5 Å². The SMILES string of the molecule is CN1CCN(S(=O)(=O)c2ccc(Nc3nccc(-c4ccc(NCc5ccccc5)cc4)n3)cc2)CC1. The lowest BCUT2D eigenvalue weighted by molar-refractivity contribution is 0.222. The molecule has 0 bridgehead atoms. The van der Waals surface area contributed by atoms with Gasteiger partial charge in [0.1, 0.15) is 0 Å². The molecule has 0 aliphatic carbocycles. The third-order valence-electron chi connectivity index (χ3n) is 6.39. The zero-order valence-electron chi connectivity index (χ0n) is 20.7. The number of anilines is 3. The van der Waals surface area contributed by atoms with Crippen LogP contribution in [0.3, 0.4) is 0 Å². The summed E-state index contributed by atoms with van der Waals surface area (Å²) < 4.78 is 27.5. The van der Waals surface area contributed by atoms with E-state index in [0.29, 0.717) is 23.9 Å². The summed E-state index contributed by atoms with van der Waals surface area (Å²) in [4.78, 5) is 11.4. The van der Waals surface area contributed by atoms with Crippen LogP contribution in [0.15, 0.2) is 96.0 Å². The van der Waals surface area contributed by atoms with E-state index in [0.717, 1.165) is 42.3 Å². The zero-order chi connectivity index (χ0) is 25.7. The van der Waals surface area contributed by atoms with Crippen LogP contribution in [-0.2, 0) is 16.6 Å². The predicted molar refractivity (Wildman–Crippen MR) is 147 cm³/mol. The van der Waals surface area contributed by atoms with Crippen LogP contribution in [0.25, 0.3) is 11.3 Å². The lowest BCUT2D eigenvalue weighted by atomic mass is 10.1. The molecule has 1 saturated heterocycles. The maximum atomic E-state index is 13.0. The zero-order valence-corrected chi connectivity index (χ0v) is 21.5. The maximum Gasteiger partial charge on any atom is 0.243 e. The second-order valence-electron chi connectivity index (χ2n) is 9.04. The predicted octanol–water partition coefficient (Wildman–Crippen LogP) is 4.44. The van der Waals surface area contributed by atoms with Gasteiger partial charge in [-0.15, -0.1) is 0 Å². The molecule has 0 saturated carbocycles. The summed E-state index contributed by atoms with van der Waals surface area (Å²) in [6.07, 6.45) is 1.71. The molecule has 37 heavy (non-hydrogen) atoms. The van der Waals surface area contributed by atoms with Gasteiger partial charge in [0, 0.05) is 55.9 Å². The monoisotopic (exact) mass is 514 g/mol. The van der Waals surface area contributed by atoms with E-state index >= 15 is 0 Å². The van der Waals surface area contributed by atoms with Gasteiger partial charge in [-0.25, -0.2) is 18.4 Å². The topological polar surface area (TPSA) is 90.5 Å². The Balaban J connectivity index is 1.23. The smallest absolute Gasteiger partial charge is 0.243 e. The van der Waals surface area contributed by atoms with Gasteiger partial charge in [-0.3, -0.25) is 0 Å². The summed E-state index contributed by atoms with van der Waals surface area (Å²) in [5, 5.41) is 6.61. The minimum absolute atomic E-state index is 0.290. The van der Waals surface area contributed by atoms with Gasteiger partial charge >= 0.3 is 0 Å². The lowest BCUT2D eigenvalue weighted by Crippen LogP contribution is -2.46. The van der Waals surface area contributed by atoms with Gasteiger partial charge in [0.2, 0.25) is 16.0 Å². The van der Waals surface area contributed by atoms with Crippen LogP contribution in [0.1, 0.15) is 5.56 Å². The summed E-state index contributed by atoms with van der Waals surface area (Å²) in [6, 6.07) is 27.0. The van der Waals surface area contributed by atoms with Crippen LogP contribution in [0, 0.1) is 0 Å². The molecular formula is C28H30N6O2S. The van der Waals surface area contributed by atoms with Crippen molar-refractivity contribution in [1.29, 1.82) is 0 Å². The molecule has 2 heterocycles. The molecular weight excluding hydrogens is 484 g/mol. The van der Waals surface area contributed by atoms with Crippen LogP contribution in [-0.4, -0.2) is 60.8 Å². The van der Waals surface area contributed by atoms with Gasteiger partial charge in [0.15, 0.2) is 0 Å². The average Bonchev–Trinajstić information content (AvgIpc) is 2.93. The molecule has 0 amide bonds. The van der Waals surface area contributed by atoms with Crippen LogP contribution in [0.2, 0.25) is 0 Å². The van der Waals surface area contributed by atoms with Crippen molar-refractivity contribution in [2.45, 2.75) is 11.4 Å². The molecule has 0 atom stereocenters. The molecule has 0 unspecified atom stereocenters. The highest BCUT2D eigenvalue weighted by Gasteiger charge is 2.27. The average molecular weight is 515 g/mol. The van der Waals surface area contributed by atoms with Crippen molar-refractivity contribution in [3.63, 3.8) is 0 Å². The fourth-order valence-corrected chi connectivity index (χ4v) is 5.58. The molecule has 1 fully saturated rings. The Kier molecular flexibility index (Phi) is 7.45. The lowest BCUT2D eigenvalue weighted by Gasteiger charge is -2.31. The van der Waals surface area contributed by atoms with E-state index in [1.807, 2.05) is 55.6 Å². The van der Waals surface area contributed by atoms with E-state index in [9.17, 15) is 8.42 Å². The molecule has 2 N–H and O–H groups in total. The van der Waals surface area contributed by atoms with Gasteiger partial charge in [-0.1, -0.05) is 42.5 Å². The second kappa shape index (κ2) is 11.1. The highest BCUT2D eigenvalue weighted by molar-refractivity contribution is 7.89. The van der Waals surface area contributed by atoms with Crippen molar-refractivity contribution in [3.05, 3.63) is 96.7 Å². The summed E-state index contributed by atoms with van der Waals surface area (Å²) in [6.45, 7) is 3.24. The molecule has 5 rings (SSSR count). The largest absolute Gasteiger partial charge is 0.381 e. The molecule has 0 radical (unpaired) electrons. The molecule has 9 heteroatoms. The van der Waals surface area contributed by atoms with E-state index in [-0.39, 0.29) is 0 Å². The van der Waals surface area contributed by atoms with Crippen molar-refractivity contribution in [3.8, 4) is 11.3 Å². The highest BCUT2D eigenvalue weighted by atomic mass is 32.2. The Morgan fingerprint density at radius 2 is 1.49 bits per heavy atom. The Bertz CT molecular complexity index is 1420. The minimum atomic E-state index is -3.50. The van der Waals surface area contributed by atoms with Crippen LogP contribution >= 0.6 is 0 Å². The van der Waals surface area contributed by atoms with Crippen molar-refractivity contribution in [2.75, 3.05) is 43.9 Å². The number of hydrogen-bond donors (Lipinski definition) is 2. The maximum absolute atomic E-state index is 13.0. The van der Waals surface area contributed by atoms with Gasteiger partial charge in [0.05, 0.1) is 10.6 Å². The van der Waals surface area contributed by atoms with E-state index in [2.05, 4.69) is 37.6 Å². The Morgan fingerprint density at radius 3 is 2.19 bits per heavy atom. The number of nitrogens with zero attached hydrogens (tertiary/aromatic N) is 4. The Hall–Kier alpha value is -3.79. The van der Waals surface area contributed by atoms with Crippen molar-refractivity contribution < 1.29 is 8.42 Å². The molecule has 8 nitrogen and oxygen atoms in total. The van der Waals surface area contributed by atoms with E-state index in [4.69, 9.17) is 0 Å². The first-order chi connectivity index (χ1) is 18.0. The van der Waals surface area contributed by atoms with Gasteiger partial charge in [-0.05, 0) is 55.1 Å². The van der Waals surface area contributed by atoms with Gasteiger partial charge in [0.25, 0.3) is 0 Å². The molecule has 190 valence electrons. The summed E-state index contributed by atoms with van der Waals surface area (Å²) in [7, 11) is -1.50. The number of piperazine rings is 1. The number of likely N-dealkylation sites (N-methyl/N-ethyl adjacent to an activating group) is 1. The van der Waals surface area contributed by atoms with E-state index < -0.39 is 10.0 Å². The number of aromatic nitrogens is 2. The van der Waals surface area contributed by atoms with Crippen molar-refractivity contribution in [1.82, 2.24) is 19.2 Å². The van der Waals surface area contributed by atoms with Crippen LogP contribution in [0.5, 0.6) is 0 Å². The first-order valence-corrected chi connectivity index (χ1v) is 13.7. The number of benzene rings is 3. The number of sulfonamides is 1. The molecule has 3 aromatic carbocycles. The Morgan fingerprint density at radius 1 is 0.811 bits per heavy atom. The molecule has 1 aliphatic heterocycles. The third kappa shape index (κ3) is 6.14. The van der Waals surface area contributed by atoms with Crippen molar-refractivity contribution >= 4 is 27.3 Å². The van der Waals surface area contributed by atoms with Crippen molar-refractivity contribution in [2.24, 2.45) is 0 Å².